The zero-order valence-corrected chi connectivity index (χ0v) is 13.1. The van der Waals surface area contributed by atoms with Crippen molar-refractivity contribution in [2.45, 2.75) is 39.2 Å². The molecule has 0 unspecified atom stereocenters. The van der Waals surface area contributed by atoms with E-state index in [4.69, 9.17) is 9.47 Å². The molecule has 0 atom stereocenters. The van der Waals surface area contributed by atoms with Crippen molar-refractivity contribution in [3.63, 3.8) is 0 Å². The first-order valence-corrected chi connectivity index (χ1v) is 7.53. The Hall–Kier alpha value is -1.97. The second-order valence-corrected chi connectivity index (χ2v) is 5.07. The summed E-state index contributed by atoms with van der Waals surface area (Å²) < 4.78 is 12.8. The van der Waals surface area contributed by atoms with Crippen LogP contribution in [0, 0.1) is 0 Å². The number of rotatable bonds is 8. The molecule has 0 aliphatic carbocycles. The summed E-state index contributed by atoms with van der Waals surface area (Å²) in [6.45, 7) is 3.23. The molecule has 0 spiro atoms. The van der Waals surface area contributed by atoms with E-state index in [0.717, 1.165) is 29.4 Å². The summed E-state index contributed by atoms with van der Waals surface area (Å²) in [7, 11) is 3.30. The number of benzene rings is 1. The molecule has 21 heavy (non-hydrogen) atoms. The summed E-state index contributed by atoms with van der Waals surface area (Å²) in [5, 5.41) is 0. The standard InChI is InChI=1S/C17H24N2O2/c1-4-5-6-7-11-19-12-10-18-17(19)14-8-9-15(20-2)16(13-14)21-3/h8-10,12-13H,4-7,11H2,1-3H3. The summed E-state index contributed by atoms with van der Waals surface area (Å²) in [5.74, 6) is 2.45. The molecule has 0 amide bonds. The Morgan fingerprint density at radius 1 is 1.05 bits per heavy atom. The van der Waals surface area contributed by atoms with Crippen LogP contribution in [-0.2, 0) is 6.54 Å². The lowest BCUT2D eigenvalue weighted by Crippen LogP contribution is -2.00. The van der Waals surface area contributed by atoms with Crippen molar-refractivity contribution in [1.29, 1.82) is 0 Å². The normalized spacial score (nSPS) is 10.6. The van der Waals surface area contributed by atoms with Crippen LogP contribution in [0.1, 0.15) is 32.6 Å². The monoisotopic (exact) mass is 288 g/mol. The minimum absolute atomic E-state index is 0.732. The maximum atomic E-state index is 5.37. The number of aromatic nitrogens is 2. The molecule has 1 aromatic carbocycles. The molecule has 0 saturated carbocycles. The van der Waals surface area contributed by atoms with Gasteiger partial charge in [0.05, 0.1) is 14.2 Å². The highest BCUT2D eigenvalue weighted by Gasteiger charge is 2.10. The van der Waals surface area contributed by atoms with E-state index in [1.807, 2.05) is 30.6 Å². The fourth-order valence-corrected chi connectivity index (χ4v) is 2.43. The van der Waals surface area contributed by atoms with Gasteiger partial charge in [0.2, 0.25) is 0 Å². The van der Waals surface area contributed by atoms with E-state index in [0.29, 0.717) is 0 Å². The molecule has 1 aromatic heterocycles. The van der Waals surface area contributed by atoms with Crippen molar-refractivity contribution in [2.24, 2.45) is 0 Å². The van der Waals surface area contributed by atoms with Gasteiger partial charge in [0, 0.05) is 24.5 Å². The van der Waals surface area contributed by atoms with Crippen molar-refractivity contribution in [2.75, 3.05) is 14.2 Å². The molecule has 0 fully saturated rings. The van der Waals surface area contributed by atoms with E-state index in [9.17, 15) is 0 Å². The van der Waals surface area contributed by atoms with Crippen LogP contribution in [0.15, 0.2) is 30.6 Å². The van der Waals surface area contributed by atoms with Crippen molar-refractivity contribution in [3.05, 3.63) is 30.6 Å². The first-order chi connectivity index (χ1) is 10.3. The zero-order valence-electron chi connectivity index (χ0n) is 13.1. The van der Waals surface area contributed by atoms with Gasteiger partial charge in [-0.05, 0) is 24.6 Å². The van der Waals surface area contributed by atoms with E-state index in [2.05, 4.69) is 16.5 Å². The zero-order chi connectivity index (χ0) is 15.1. The minimum atomic E-state index is 0.732. The Labute approximate surface area is 126 Å². The third kappa shape index (κ3) is 3.78. The predicted molar refractivity (Wildman–Crippen MR) is 84.9 cm³/mol. The average Bonchev–Trinajstić information content (AvgIpc) is 2.99. The van der Waals surface area contributed by atoms with Gasteiger partial charge in [0.1, 0.15) is 5.82 Å². The van der Waals surface area contributed by atoms with Crippen LogP contribution in [0.2, 0.25) is 0 Å². The Balaban J connectivity index is 2.16. The van der Waals surface area contributed by atoms with Gasteiger partial charge in [-0.15, -0.1) is 0 Å². The highest BCUT2D eigenvalue weighted by Crippen LogP contribution is 2.31. The summed E-state index contributed by atoms with van der Waals surface area (Å²) in [4.78, 5) is 4.48. The molecule has 2 aromatic rings. The lowest BCUT2D eigenvalue weighted by molar-refractivity contribution is 0.355. The number of aryl methyl sites for hydroxylation is 1. The first-order valence-electron chi connectivity index (χ1n) is 7.53. The molecule has 4 nitrogen and oxygen atoms in total. The number of methoxy groups -OCH3 is 2. The summed E-state index contributed by atoms with van der Waals surface area (Å²) in [6, 6.07) is 5.92. The smallest absolute Gasteiger partial charge is 0.161 e. The SMILES string of the molecule is CCCCCCn1ccnc1-c1ccc(OC)c(OC)c1. The fourth-order valence-electron chi connectivity index (χ4n) is 2.43. The van der Waals surface area contributed by atoms with Crippen molar-refractivity contribution < 1.29 is 9.47 Å². The van der Waals surface area contributed by atoms with Gasteiger partial charge in [-0.3, -0.25) is 0 Å². The van der Waals surface area contributed by atoms with Crippen LogP contribution in [0.5, 0.6) is 11.5 Å². The first kappa shape index (κ1) is 15.4. The van der Waals surface area contributed by atoms with Crippen molar-refractivity contribution in [1.82, 2.24) is 9.55 Å². The fraction of sp³-hybridized carbons (Fsp3) is 0.471. The molecule has 114 valence electrons. The van der Waals surface area contributed by atoms with Crippen LogP contribution in [0.4, 0.5) is 0 Å². The van der Waals surface area contributed by atoms with Crippen LogP contribution in [0.3, 0.4) is 0 Å². The highest BCUT2D eigenvalue weighted by atomic mass is 16.5. The molecule has 1 heterocycles. The topological polar surface area (TPSA) is 36.3 Å². The van der Waals surface area contributed by atoms with Crippen LogP contribution < -0.4 is 9.47 Å². The van der Waals surface area contributed by atoms with E-state index < -0.39 is 0 Å². The third-order valence-corrected chi connectivity index (χ3v) is 3.61. The van der Waals surface area contributed by atoms with E-state index in [1.165, 1.54) is 25.7 Å². The van der Waals surface area contributed by atoms with Crippen molar-refractivity contribution >= 4 is 0 Å². The average molecular weight is 288 g/mol. The summed E-state index contributed by atoms with van der Waals surface area (Å²) in [6.07, 6.45) is 8.89. The van der Waals surface area contributed by atoms with Crippen LogP contribution in [-0.4, -0.2) is 23.8 Å². The number of hydrogen-bond acceptors (Lipinski definition) is 3. The molecule has 4 heteroatoms. The van der Waals surface area contributed by atoms with Gasteiger partial charge in [-0.2, -0.15) is 0 Å². The number of imidazole rings is 1. The Kier molecular flexibility index (Phi) is 5.67. The molecule has 0 radical (unpaired) electrons. The van der Waals surface area contributed by atoms with Gasteiger partial charge in [-0.25, -0.2) is 4.98 Å². The lowest BCUT2D eigenvalue weighted by atomic mass is 10.1. The highest BCUT2D eigenvalue weighted by molar-refractivity contribution is 5.61. The predicted octanol–water partition coefficient (Wildman–Crippen LogP) is 4.15. The molecule has 0 aliphatic heterocycles. The molecular weight excluding hydrogens is 264 g/mol. The molecule has 0 bridgehead atoms. The molecule has 0 saturated heterocycles. The Morgan fingerprint density at radius 3 is 2.57 bits per heavy atom. The molecule has 0 aliphatic rings. The molecular formula is C17H24N2O2. The van der Waals surface area contributed by atoms with Gasteiger partial charge in [-0.1, -0.05) is 26.2 Å². The number of unbranched alkanes of at least 4 members (excludes halogenated alkanes) is 3. The van der Waals surface area contributed by atoms with Gasteiger partial charge < -0.3 is 14.0 Å². The minimum Gasteiger partial charge on any atom is -0.493 e. The van der Waals surface area contributed by atoms with E-state index in [1.54, 1.807) is 14.2 Å². The van der Waals surface area contributed by atoms with Crippen LogP contribution >= 0.6 is 0 Å². The summed E-state index contributed by atoms with van der Waals surface area (Å²) in [5.41, 5.74) is 1.05. The van der Waals surface area contributed by atoms with Gasteiger partial charge >= 0.3 is 0 Å². The van der Waals surface area contributed by atoms with Crippen LogP contribution in [0.25, 0.3) is 11.4 Å². The van der Waals surface area contributed by atoms with Gasteiger partial charge in [0.25, 0.3) is 0 Å². The Bertz CT molecular complexity index is 564. The second-order valence-electron chi connectivity index (χ2n) is 5.07. The maximum Gasteiger partial charge on any atom is 0.161 e. The quantitative estimate of drug-likeness (QED) is 0.685. The number of hydrogen-bond donors (Lipinski definition) is 0. The molecule has 0 N–H and O–H groups in total. The largest absolute Gasteiger partial charge is 0.493 e. The number of ether oxygens (including phenoxy) is 2. The summed E-state index contributed by atoms with van der Waals surface area (Å²) >= 11 is 0. The lowest BCUT2D eigenvalue weighted by Gasteiger charge is -2.11. The van der Waals surface area contributed by atoms with E-state index in [-0.39, 0.29) is 0 Å². The van der Waals surface area contributed by atoms with Crippen molar-refractivity contribution in [3.8, 4) is 22.9 Å². The third-order valence-electron chi connectivity index (χ3n) is 3.61. The molecule has 2 rings (SSSR count). The Morgan fingerprint density at radius 2 is 1.86 bits per heavy atom. The maximum absolute atomic E-state index is 5.37. The number of nitrogens with zero attached hydrogens (tertiary/aromatic N) is 2. The van der Waals surface area contributed by atoms with Gasteiger partial charge in [0.15, 0.2) is 11.5 Å². The van der Waals surface area contributed by atoms with E-state index >= 15 is 0 Å². The second kappa shape index (κ2) is 7.72.